The molecular weight excluding hydrogens is 425 g/mol. The summed E-state index contributed by atoms with van der Waals surface area (Å²) < 4.78 is 41.3. The summed E-state index contributed by atoms with van der Waals surface area (Å²) in [7, 11) is 0. The zero-order valence-corrected chi connectivity index (χ0v) is 17.5. The molecule has 1 heterocycles. The molecule has 3 rings (SSSR count). The van der Waals surface area contributed by atoms with Gasteiger partial charge in [0.25, 0.3) is 5.56 Å². The van der Waals surface area contributed by atoms with E-state index < -0.39 is 53.6 Å². The summed E-state index contributed by atoms with van der Waals surface area (Å²) >= 11 is 0. The highest BCUT2D eigenvalue weighted by Gasteiger charge is 2.21. The predicted octanol–water partition coefficient (Wildman–Crippen LogP) is 3.00. The number of halogens is 3. The van der Waals surface area contributed by atoms with E-state index in [0.29, 0.717) is 29.0 Å². The largest absolute Gasteiger partial charge is 0.332 e. The van der Waals surface area contributed by atoms with Crippen molar-refractivity contribution in [2.75, 3.05) is 18.4 Å². The summed E-state index contributed by atoms with van der Waals surface area (Å²) in [6.07, 6.45) is 0.512. The van der Waals surface area contributed by atoms with Crippen LogP contribution in [0.5, 0.6) is 0 Å². The molecule has 2 aromatic carbocycles. The average molecular weight is 446 g/mol. The lowest BCUT2D eigenvalue weighted by Gasteiger charge is -2.22. The van der Waals surface area contributed by atoms with Crippen molar-refractivity contribution in [1.29, 1.82) is 0 Å². The van der Waals surface area contributed by atoms with E-state index in [4.69, 9.17) is 0 Å². The van der Waals surface area contributed by atoms with Crippen molar-refractivity contribution < 1.29 is 22.8 Å². The molecule has 168 valence electrons. The SMILES string of the molecule is CCCN(CC(=O)Nc1ccc(F)c(F)c1F)C(=O)Cn1nc(C)c2ccccc2c1=O. The molecule has 0 aliphatic heterocycles. The van der Waals surface area contributed by atoms with Crippen molar-refractivity contribution in [3.63, 3.8) is 0 Å². The van der Waals surface area contributed by atoms with Crippen molar-refractivity contribution in [1.82, 2.24) is 14.7 Å². The van der Waals surface area contributed by atoms with E-state index in [2.05, 4.69) is 10.4 Å². The smallest absolute Gasteiger partial charge is 0.275 e. The Hall–Kier alpha value is -3.69. The molecule has 32 heavy (non-hydrogen) atoms. The quantitative estimate of drug-likeness (QED) is 0.566. The summed E-state index contributed by atoms with van der Waals surface area (Å²) in [6, 6.07) is 8.46. The number of aromatic nitrogens is 2. The molecule has 0 fully saturated rings. The highest BCUT2D eigenvalue weighted by Crippen LogP contribution is 2.19. The van der Waals surface area contributed by atoms with Crippen molar-refractivity contribution in [3.8, 4) is 0 Å². The number of anilines is 1. The second-order valence-corrected chi connectivity index (χ2v) is 7.18. The molecule has 2 amide bonds. The molecule has 0 bridgehead atoms. The van der Waals surface area contributed by atoms with Crippen LogP contribution >= 0.6 is 0 Å². The van der Waals surface area contributed by atoms with Crippen molar-refractivity contribution >= 4 is 28.3 Å². The summed E-state index contributed by atoms with van der Waals surface area (Å²) in [5.74, 6) is -5.97. The molecule has 0 atom stereocenters. The van der Waals surface area contributed by atoms with Crippen LogP contribution in [0.3, 0.4) is 0 Å². The molecule has 1 N–H and O–H groups in total. The van der Waals surface area contributed by atoms with Gasteiger partial charge < -0.3 is 10.2 Å². The van der Waals surface area contributed by atoms with Crippen molar-refractivity contribution in [2.45, 2.75) is 26.8 Å². The fraction of sp³-hybridized carbons (Fsp3) is 0.273. The van der Waals surface area contributed by atoms with Crippen LogP contribution in [0.2, 0.25) is 0 Å². The summed E-state index contributed by atoms with van der Waals surface area (Å²) in [4.78, 5) is 39.0. The van der Waals surface area contributed by atoms with Gasteiger partial charge in [-0.2, -0.15) is 5.10 Å². The Kier molecular flexibility index (Phi) is 6.92. The lowest BCUT2D eigenvalue weighted by Crippen LogP contribution is -2.42. The van der Waals surface area contributed by atoms with E-state index in [9.17, 15) is 27.6 Å². The van der Waals surface area contributed by atoms with Crippen LogP contribution in [0.4, 0.5) is 18.9 Å². The zero-order chi connectivity index (χ0) is 23.4. The van der Waals surface area contributed by atoms with Gasteiger partial charge in [-0.25, -0.2) is 17.9 Å². The summed E-state index contributed by atoms with van der Waals surface area (Å²) in [6.45, 7) is 2.84. The second kappa shape index (κ2) is 9.63. The van der Waals surface area contributed by atoms with E-state index in [0.717, 1.165) is 10.7 Å². The molecule has 0 spiro atoms. The van der Waals surface area contributed by atoms with Crippen LogP contribution in [0.25, 0.3) is 10.8 Å². The Morgan fingerprint density at radius 3 is 2.44 bits per heavy atom. The van der Waals surface area contributed by atoms with Crippen molar-refractivity contribution in [3.05, 3.63) is 69.9 Å². The molecule has 0 saturated carbocycles. The topological polar surface area (TPSA) is 84.3 Å². The average Bonchev–Trinajstić information content (AvgIpc) is 2.77. The minimum Gasteiger partial charge on any atom is -0.332 e. The van der Waals surface area contributed by atoms with Gasteiger partial charge >= 0.3 is 0 Å². The number of carbonyl (C=O) groups excluding carboxylic acids is 2. The first-order valence-corrected chi connectivity index (χ1v) is 9.90. The third-order valence-corrected chi connectivity index (χ3v) is 4.83. The first kappa shape index (κ1) is 23.0. The molecule has 1 aromatic heterocycles. The molecule has 10 heteroatoms. The maximum absolute atomic E-state index is 13.8. The van der Waals surface area contributed by atoms with Gasteiger partial charge in [0, 0.05) is 11.9 Å². The molecule has 0 aliphatic rings. The maximum atomic E-state index is 13.8. The molecule has 3 aromatic rings. The van der Waals surface area contributed by atoms with E-state index in [1.54, 1.807) is 38.1 Å². The Morgan fingerprint density at radius 2 is 1.75 bits per heavy atom. The van der Waals surface area contributed by atoms with Gasteiger partial charge in [0.05, 0.1) is 23.3 Å². The van der Waals surface area contributed by atoms with Gasteiger partial charge in [0.1, 0.15) is 6.54 Å². The third-order valence-electron chi connectivity index (χ3n) is 4.83. The summed E-state index contributed by atoms with van der Waals surface area (Å²) in [5.41, 5.74) is -0.410. The first-order valence-electron chi connectivity index (χ1n) is 9.90. The second-order valence-electron chi connectivity index (χ2n) is 7.18. The molecule has 7 nitrogen and oxygen atoms in total. The normalized spacial score (nSPS) is 10.9. The number of hydrogen-bond donors (Lipinski definition) is 1. The van der Waals surface area contributed by atoms with Gasteiger partial charge in [-0.05, 0) is 31.5 Å². The van der Waals surface area contributed by atoms with Crippen LogP contribution in [0.15, 0.2) is 41.2 Å². The molecule has 0 unspecified atom stereocenters. The van der Waals surface area contributed by atoms with E-state index in [1.807, 2.05) is 0 Å². The fourth-order valence-corrected chi connectivity index (χ4v) is 3.29. The number of aryl methyl sites for hydroxylation is 1. The molecule has 0 aliphatic carbocycles. The Balaban J connectivity index is 1.77. The number of nitrogens with zero attached hydrogens (tertiary/aromatic N) is 3. The highest BCUT2D eigenvalue weighted by atomic mass is 19.2. The van der Waals surface area contributed by atoms with Gasteiger partial charge in [0.2, 0.25) is 11.8 Å². The first-order chi connectivity index (χ1) is 15.2. The highest BCUT2D eigenvalue weighted by molar-refractivity contribution is 5.94. The van der Waals surface area contributed by atoms with Gasteiger partial charge in [-0.15, -0.1) is 0 Å². The number of carbonyl (C=O) groups is 2. The standard InChI is InChI=1S/C22H21F3N4O3/c1-3-10-28(11-18(30)26-17-9-8-16(23)20(24)21(17)25)19(31)12-29-22(32)15-7-5-4-6-14(15)13(2)27-29/h4-9H,3,10-12H2,1-2H3,(H,26,30). The van der Waals surface area contributed by atoms with Crippen molar-refractivity contribution in [2.24, 2.45) is 0 Å². The Bertz CT molecular complexity index is 1240. The Labute approximate surface area is 181 Å². The minimum atomic E-state index is -1.71. The summed E-state index contributed by atoms with van der Waals surface area (Å²) in [5, 5.41) is 7.42. The van der Waals surface area contributed by atoms with E-state index in [1.165, 1.54) is 4.90 Å². The maximum Gasteiger partial charge on any atom is 0.275 e. The molecular formula is C22H21F3N4O3. The fourth-order valence-electron chi connectivity index (χ4n) is 3.29. The lowest BCUT2D eigenvalue weighted by molar-refractivity contribution is -0.135. The van der Waals surface area contributed by atoms with Gasteiger partial charge in [-0.1, -0.05) is 25.1 Å². The lowest BCUT2D eigenvalue weighted by atomic mass is 10.1. The predicted molar refractivity (Wildman–Crippen MR) is 113 cm³/mol. The monoisotopic (exact) mass is 446 g/mol. The molecule has 0 saturated heterocycles. The number of amides is 2. The number of rotatable bonds is 7. The van der Waals surface area contributed by atoms with Gasteiger partial charge in [0.15, 0.2) is 17.5 Å². The van der Waals surface area contributed by atoms with Crippen LogP contribution in [-0.4, -0.2) is 39.6 Å². The zero-order valence-electron chi connectivity index (χ0n) is 17.5. The number of nitrogens with one attached hydrogen (secondary N) is 1. The van der Waals surface area contributed by atoms with Crippen LogP contribution in [-0.2, 0) is 16.1 Å². The number of benzene rings is 2. The van der Waals surface area contributed by atoms with Crippen LogP contribution in [0.1, 0.15) is 19.0 Å². The Morgan fingerprint density at radius 1 is 1.06 bits per heavy atom. The molecule has 0 radical (unpaired) electrons. The number of hydrogen-bond acceptors (Lipinski definition) is 4. The minimum absolute atomic E-state index is 0.188. The van der Waals surface area contributed by atoms with E-state index in [-0.39, 0.29) is 6.54 Å². The van der Waals surface area contributed by atoms with E-state index >= 15 is 0 Å². The van der Waals surface area contributed by atoms with Crippen LogP contribution < -0.4 is 10.9 Å². The number of fused-ring (bicyclic) bond motifs is 1. The van der Waals surface area contributed by atoms with Crippen LogP contribution in [0, 0.1) is 24.4 Å². The van der Waals surface area contributed by atoms with Gasteiger partial charge in [-0.3, -0.25) is 14.4 Å². The third kappa shape index (κ3) is 4.79.